The lowest BCUT2D eigenvalue weighted by Crippen LogP contribution is -2.13. The number of hydrogen-bond acceptors (Lipinski definition) is 2. The van der Waals surface area contributed by atoms with E-state index in [-0.39, 0.29) is 5.92 Å². The Morgan fingerprint density at radius 3 is 1.59 bits per heavy atom. The molecule has 0 amide bonds. The third kappa shape index (κ3) is 14.4. The van der Waals surface area contributed by atoms with E-state index < -0.39 is 5.97 Å². The smallest absolute Gasteiger partial charge is 0.306 e. The van der Waals surface area contributed by atoms with Gasteiger partial charge in [0.2, 0.25) is 0 Å². The Morgan fingerprint density at radius 1 is 0.773 bits per heavy atom. The standard InChI is InChI=1S/C19H39NO2/c1-2-3-4-9-12-15-18(19(21)22)16-13-10-7-5-6-8-11-14-17-20/h18H,2-17,20H2,1H3,(H,21,22). The second-order valence-electron chi connectivity index (χ2n) is 6.64. The fraction of sp³-hybridized carbons (Fsp3) is 0.947. The number of carboxylic acids is 1. The van der Waals surface area contributed by atoms with Gasteiger partial charge in [-0.25, -0.2) is 0 Å². The first-order valence-corrected chi connectivity index (χ1v) is 9.65. The van der Waals surface area contributed by atoms with Crippen molar-refractivity contribution >= 4 is 5.97 Å². The predicted octanol–water partition coefficient (Wildman–Crippen LogP) is 5.52. The molecule has 0 heterocycles. The Kier molecular flexibility index (Phi) is 16.4. The van der Waals surface area contributed by atoms with Gasteiger partial charge in [0.1, 0.15) is 0 Å². The topological polar surface area (TPSA) is 63.3 Å². The summed E-state index contributed by atoms with van der Waals surface area (Å²) in [5.41, 5.74) is 5.47. The minimum Gasteiger partial charge on any atom is -0.481 e. The van der Waals surface area contributed by atoms with Crippen LogP contribution in [0.5, 0.6) is 0 Å². The number of rotatable bonds is 17. The summed E-state index contributed by atoms with van der Waals surface area (Å²) in [5.74, 6) is -0.691. The van der Waals surface area contributed by atoms with Gasteiger partial charge in [-0.1, -0.05) is 84.0 Å². The van der Waals surface area contributed by atoms with Crippen LogP contribution in [0.3, 0.4) is 0 Å². The van der Waals surface area contributed by atoms with Gasteiger partial charge < -0.3 is 10.8 Å². The number of carbonyl (C=O) groups is 1. The highest BCUT2D eigenvalue weighted by Crippen LogP contribution is 2.19. The highest BCUT2D eigenvalue weighted by Gasteiger charge is 2.16. The number of carboxylic acid groups (broad SMARTS) is 1. The first-order chi connectivity index (χ1) is 10.7. The van der Waals surface area contributed by atoms with E-state index in [4.69, 9.17) is 5.73 Å². The molecule has 3 N–H and O–H groups in total. The van der Waals surface area contributed by atoms with Crippen LogP contribution in [0.1, 0.15) is 103 Å². The maximum atomic E-state index is 11.3. The average Bonchev–Trinajstić information content (AvgIpc) is 2.50. The molecule has 0 aliphatic carbocycles. The van der Waals surface area contributed by atoms with Crippen molar-refractivity contribution in [2.24, 2.45) is 11.7 Å². The van der Waals surface area contributed by atoms with E-state index in [1.807, 2.05) is 0 Å². The first kappa shape index (κ1) is 21.4. The van der Waals surface area contributed by atoms with Crippen molar-refractivity contribution in [1.29, 1.82) is 0 Å². The third-order valence-corrected chi connectivity index (χ3v) is 4.51. The van der Waals surface area contributed by atoms with E-state index in [1.54, 1.807) is 0 Å². The van der Waals surface area contributed by atoms with Crippen LogP contribution in [0, 0.1) is 5.92 Å². The van der Waals surface area contributed by atoms with Crippen molar-refractivity contribution in [3.63, 3.8) is 0 Å². The second kappa shape index (κ2) is 16.8. The van der Waals surface area contributed by atoms with E-state index in [1.165, 1.54) is 64.2 Å². The van der Waals surface area contributed by atoms with Gasteiger partial charge in [0, 0.05) is 0 Å². The minimum absolute atomic E-state index is 0.105. The highest BCUT2D eigenvalue weighted by molar-refractivity contribution is 5.69. The van der Waals surface area contributed by atoms with Crippen molar-refractivity contribution in [2.75, 3.05) is 6.54 Å². The lowest BCUT2D eigenvalue weighted by atomic mass is 9.94. The van der Waals surface area contributed by atoms with Crippen LogP contribution in [-0.4, -0.2) is 17.6 Å². The van der Waals surface area contributed by atoms with Crippen LogP contribution in [0.15, 0.2) is 0 Å². The molecule has 22 heavy (non-hydrogen) atoms. The van der Waals surface area contributed by atoms with Gasteiger partial charge in [0.15, 0.2) is 0 Å². The zero-order valence-electron chi connectivity index (χ0n) is 14.8. The molecule has 3 heteroatoms. The van der Waals surface area contributed by atoms with Crippen LogP contribution in [-0.2, 0) is 4.79 Å². The van der Waals surface area contributed by atoms with Gasteiger partial charge in [-0.05, 0) is 25.8 Å². The molecule has 0 aliphatic rings. The van der Waals surface area contributed by atoms with Crippen LogP contribution >= 0.6 is 0 Å². The fourth-order valence-electron chi connectivity index (χ4n) is 2.98. The summed E-state index contributed by atoms with van der Waals surface area (Å²) in [7, 11) is 0. The molecule has 0 rings (SSSR count). The summed E-state index contributed by atoms with van der Waals surface area (Å²) >= 11 is 0. The lowest BCUT2D eigenvalue weighted by molar-refractivity contribution is -0.142. The number of nitrogens with two attached hydrogens (primary N) is 1. The van der Waals surface area contributed by atoms with Crippen molar-refractivity contribution in [3.05, 3.63) is 0 Å². The summed E-state index contributed by atoms with van der Waals surface area (Å²) in [6.07, 6.45) is 17.6. The minimum atomic E-state index is -0.586. The highest BCUT2D eigenvalue weighted by atomic mass is 16.4. The number of hydrogen-bond donors (Lipinski definition) is 2. The van der Waals surface area contributed by atoms with Crippen molar-refractivity contribution < 1.29 is 9.90 Å². The Bertz CT molecular complexity index is 244. The number of aliphatic carboxylic acids is 1. The molecule has 132 valence electrons. The maximum Gasteiger partial charge on any atom is 0.306 e. The van der Waals surface area contributed by atoms with Crippen LogP contribution in [0.4, 0.5) is 0 Å². The van der Waals surface area contributed by atoms with Crippen LogP contribution in [0.2, 0.25) is 0 Å². The van der Waals surface area contributed by atoms with E-state index in [2.05, 4.69) is 6.92 Å². The maximum absolute atomic E-state index is 11.3. The molecule has 3 nitrogen and oxygen atoms in total. The fourth-order valence-corrected chi connectivity index (χ4v) is 2.98. The molecule has 0 radical (unpaired) electrons. The summed E-state index contributed by atoms with van der Waals surface area (Å²) in [6.45, 7) is 3.02. The zero-order chi connectivity index (χ0) is 16.5. The molecule has 0 saturated carbocycles. The molecule has 0 aromatic heterocycles. The predicted molar refractivity (Wildman–Crippen MR) is 95.1 cm³/mol. The average molecular weight is 314 g/mol. The molecule has 1 atom stereocenters. The third-order valence-electron chi connectivity index (χ3n) is 4.51. The molecular formula is C19H39NO2. The van der Waals surface area contributed by atoms with Gasteiger partial charge in [-0.15, -0.1) is 0 Å². The van der Waals surface area contributed by atoms with Crippen molar-refractivity contribution in [3.8, 4) is 0 Å². The lowest BCUT2D eigenvalue weighted by Gasteiger charge is -2.12. The molecule has 0 bridgehead atoms. The van der Waals surface area contributed by atoms with Gasteiger partial charge in [0.25, 0.3) is 0 Å². The van der Waals surface area contributed by atoms with E-state index in [0.29, 0.717) is 0 Å². The molecule has 0 saturated heterocycles. The van der Waals surface area contributed by atoms with Gasteiger partial charge in [-0.3, -0.25) is 4.79 Å². The van der Waals surface area contributed by atoms with Crippen LogP contribution < -0.4 is 5.73 Å². The monoisotopic (exact) mass is 313 g/mol. The van der Waals surface area contributed by atoms with Gasteiger partial charge >= 0.3 is 5.97 Å². The van der Waals surface area contributed by atoms with Crippen molar-refractivity contribution in [2.45, 2.75) is 103 Å². The Hall–Kier alpha value is -0.570. The molecule has 0 fully saturated rings. The Balaban J connectivity index is 3.47. The first-order valence-electron chi connectivity index (χ1n) is 9.65. The molecule has 0 aromatic carbocycles. The summed E-state index contributed by atoms with van der Waals surface area (Å²) in [6, 6.07) is 0. The normalized spacial score (nSPS) is 12.5. The van der Waals surface area contributed by atoms with E-state index >= 15 is 0 Å². The summed E-state index contributed by atoms with van der Waals surface area (Å²) in [4.78, 5) is 11.3. The van der Waals surface area contributed by atoms with Crippen LogP contribution in [0.25, 0.3) is 0 Å². The van der Waals surface area contributed by atoms with E-state index in [9.17, 15) is 9.90 Å². The summed E-state index contributed by atoms with van der Waals surface area (Å²) < 4.78 is 0. The molecular weight excluding hydrogens is 274 g/mol. The number of unbranched alkanes of at least 4 members (excludes halogenated alkanes) is 11. The summed E-state index contributed by atoms with van der Waals surface area (Å²) in [5, 5.41) is 9.29. The molecule has 0 spiro atoms. The Morgan fingerprint density at radius 2 is 1.18 bits per heavy atom. The largest absolute Gasteiger partial charge is 0.481 e. The Labute approximate surface area is 138 Å². The SMILES string of the molecule is CCCCCCCC(CCCCCCCCCCN)C(=O)O. The zero-order valence-corrected chi connectivity index (χ0v) is 14.8. The van der Waals surface area contributed by atoms with Crippen molar-refractivity contribution in [1.82, 2.24) is 0 Å². The second-order valence-corrected chi connectivity index (χ2v) is 6.64. The molecule has 0 aliphatic heterocycles. The van der Waals surface area contributed by atoms with Gasteiger partial charge in [0.05, 0.1) is 5.92 Å². The quantitative estimate of drug-likeness (QED) is 0.348. The molecule has 1 unspecified atom stereocenters. The van der Waals surface area contributed by atoms with E-state index in [0.717, 1.165) is 38.6 Å². The van der Waals surface area contributed by atoms with Gasteiger partial charge in [-0.2, -0.15) is 0 Å². The molecule has 0 aromatic rings.